The minimum absolute atomic E-state index is 0.0625. The van der Waals surface area contributed by atoms with Gasteiger partial charge in [0, 0.05) is 36.0 Å². The summed E-state index contributed by atoms with van der Waals surface area (Å²) in [5.41, 5.74) is 1.10. The van der Waals surface area contributed by atoms with Crippen LogP contribution in [-0.2, 0) is 4.79 Å². The van der Waals surface area contributed by atoms with Crippen LogP contribution >= 0.6 is 0 Å². The first-order chi connectivity index (χ1) is 14.3. The van der Waals surface area contributed by atoms with Crippen LogP contribution in [0.3, 0.4) is 0 Å². The Hall–Kier alpha value is -3.62. The van der Waals surface area contributed by atoms with Gasteiger partial charge in [0.05, 0.1) is 24.7 Å². The number of anilines is 1. The standard InChI is InChI=1S/C21H25N3O6/c1-5-29-18-10-8-16(12-19(18)30-6-2)22-20(25)13-23(4)21(26)15-7-9-17(24(27)28)14(3)11-15/h7-12H,5-6,13H2,1-4H3,(H,22,25). The number of nitrogens with one attached hydrogen (secondary N) is 1. The predicted molar refractivity (Wildman–Crippen MR) is 112 cm³/mol. The van der Waals surface area contributed by atoms with Crippen molar-refractivity contribution in [3.63, 3.8) is 0 Å². The molecule has 0 bridgehead atoms. The van der Waals surface area contributed by atoms with Gasteiger partial charge in [-0.1, -0.05) is 0 Å². The molecule has 0 unspecified atom stereocenters. The molecular formula is C21H25N3O6. The van der Waals surface area contributed by atoms with Gasteiger partial charge in [0.1, 0.15) is 0 Å². The highest BCUT2D eigenvalue weighted by atomic mass is 16.6. The van der Waals surface area contributed by atoms with Crippen molar-refractivity contribution in [2.24, 2.45) is 0 Å². The number of aryl methyl sites for hydroxylation is 1. The summed E-state index contributed by atoms with van der Waals surface area (Å²) in [7, 11) is 1.49. The van der Waals surface area contributed by atoms with E-state index in [-0.39, 0.29) is 17.8 Å². The number of ether oxygens (including phenoxy) is 2. The molecule has 0 heterocycles. The third-order valence-electron chi connectivity index (χ3n) is 4.20. The predicted octanol–water partition coefficient (Wildman–Crippen LogP) is 3.41. The van der Waals surface area contributed by atoms with E-state index < -0.39 is 16.7 Å². The molecule has 0 fully saturated rings. The van der Waals surface area contributed by atoms with Crippen molar-refractivity contribution >= 4 is 23.2 Å². The largest absolute Gasteiger partial charge is 0.490 e. The smallest absolute Gasteiger partial charge is 0.272 e. The lowest BCUT2D eigenvalue weighted by Crippen LogP contribution is -2.35. The molecule has 0 atom stereocenters. The lowest BCUT2D eigenvalue weighted by molar-refractivity contribution is -0.385. The molecule has 0 spiro atoms. The fourth-order valence-corrected chi connectivity index (χ4v) is 2.83. The van der Waals surface area contributed by atoms with E-state index in [1.807, 2.05) is 13.8 Å². The van der Waals surface area contributed by atoms with Crippen LogP contribution in [0.2, 0.25) is 0 Å². The molecule has 1 N–H and O–H groups in total. The molecule has 0 aromatic heterocycles. The van der Waals surface area contributed by atoms with Gasteiger partial charge in [-0.3, -0.25) is 19.7 Å². The number of benzene rings is 2. The van der Waals surface area contributed by atoms with Crippen molar-refractivity contribution in [3.05, 3.63) is 57.6 Å². The maximum Gasteiger partial charge on any atom is 0.272 e. The Balaban J connectivity index is 2.05. The first-order valence-electron chi connectivity index (χ1n) is 9.46. The zero-order chi connectivity index (χ0) is 22.3. The summed E-state index contributed by atoms with van der Waals surface area (Å²) < 4.78 is 11.0. The minimum atomic E-state index is -0.506. The Kier molecular flexibility index (Phi) is 7.74. The number of hydrogen-bond donors (Lipinski definition) is 1. The second-order valence-electron chi connectivity index (χ2n) is 6.50. The molecule has 160 valence electrons. The maximum absolute atomic E-state index is 12.6. The van der Waals surface area contributed by atoms with Gasteiger partial charge in [-0.2, -0.15) is 0 Å². The average molecular weight is 415 g/mol. The van der Waals surface area contributed by atoms with Gasteiger partial charge < -0.3 is 19.7 Å². The zero-order valence-corrected chi connectivity index (χ0v) is 17.4. The van der Waals surface area contributed by atoms with E-state index in [9.17, 15) is 19.7 Å². The van der Waals surface area contributed by atoms with Crippen molar-refractivity contribution in [3.8, 4) is 11.5 Å². The van der Waals surface area contributed by atoms with Gasteiger partial charge in [0.15, 0.2) is 11.5 Å². The molecule has 0 aliphatic heterocycles. The number of likely N-dealkylation sites (N-methyl/N-ethyl adjacent to an activating group) is 1. The van der Waals surface area contributed by atoms with E-state index in [1.165, 1.54) is 30.1 Å². The van der Waals surface area contributed by atoms with Crippen molar-refractivity contribution < 1.29 is 24.0 Å². The highest BCUT2D eigenvalue weighted by Crippen LogP contribution is 2.30. The number of rotatable bonds is 9. The molecule has 9 heteroatoms. The maximum atomic E-state index is 12.6. The Bertz CT molecular complexity index is 944. The third-order valence-corrected chi connectivity index (χ3v) is 4.20. The van der Waals surface area contributed by atoms with Crippen LogP contribution in [0.4, 0.5) is 11.4 Å². The molecular weight excluding hydrogens is 390 g/mol. The third kappa shape index (κ3) is 5.69. The van der Waals surface area contributed by atoms with Gasteiger partial charge in [0.25, 0.3) is 11.6 Å². The number of amides is 2. The van der Waals surface area contributed by atoms with E-state index in [0.29, 0.717) is 36.0 Å². The number of nitrogens with zero attached hydrogens (tertiary/aromatic N) is 2. The lowest BCUT2D eigenvalue weighted by Gasteiger charge is -2.18. The van der Waals surface area contributed by atoms with E-state index in [1.54, 1.807) is 25.1 Å². The summed E-state index contributed by atoms with van der Waals surface area (Å²) in [5, 5.41) is 13.6. The van der Waals surface area contributed by atoms with E-state index >= 15 is 0 Å². The van der Waals surface area contributed by atoms with Crippen LogP contribution in [0.5, 0.6) is 11.5 Å². The van der Waals surface area contributed by atoms with Crippen LogP contribution in [0.1, 0.15) is 29.8 Å². The summed E-state index contributed by atoms with van der Waals surface area (Å²) in [6.07, 6.45) is 0. The molecule has 2 amide bonds. The number of hydrogen-bond acceptors (Lipinski definition) is 6. The van der Waals surface area contributed by atoms with Gasteiger partial charge >= 0.3 is 0 Å². The molecule has 0 aliphatic carbocycles. The molecule has 0 aliphatic rings. The van der Waals surface area contributed by atoms with Crippen LogP contribution in [0.25, 0.3) is 0 Å². The molecule has 2 rings (SSSR count). The van der Waals surface area contributed by atoms with Crippen LogP contribution in [-0.4, -0.2) is 48.4 Å². The number of nitro benzene ring substituents is 1. The second kappa shape index (κ2) is 10.2. The topological polar surface area (TPSA) is 111 Å². The Morgan fingerprint density at radius 1 is 1.07 bits per heavy atom. The van der Waals surface area contributed by atoms with Gasteiger partial charge in [0.2, 0.25) is 5.91 Å². The number of carbonyl (C=O) groups is 2. The van der Waals surface area contributed by atoms with E-state index in [2.05, 4.69) is 5.32 Å². The Morgan fingerprint density at radius 2 is 1.73 bits per heavy atom. The van der Waals surface area contributed by atoms with Crippen LogP contribution in [0.15, 0.2) is 36.4 Å². The number of nitro groups is 1. The Morgan fingerprint density at radius 3 is 2.33 bits per heavy atom. The zero-order valence-electron chi connectivity index (χ0n) is 17.4. The quantitative estimate of drug-likeness (QED) is 0.496. The van der Waals surface area contributed by atoms with Crippen molar-refractivity contribution in [2.45, 2.75) is 20.8 Å². The highest BCUT2D eigenvalue weighted by molar-refractivity contribution is 5.99. The highest BCUT2D eigenvalue weighted by Gasteiger charge is 2.18. The molecule has 30 heavy (non-hydrogen) atoms. The second-order valence-corrected chi connectivity index (χ2v) is 6.50. The minimum Gasteiger partial charge on any atom is -0.490 e. The first kappa shape index (κ1) is 22.7. The van der Waals surface area contributed by atoms with Crippen molar-refractivity contribution in [1.82, 2.24) is 4.90 Å². The molecule has 2 aromatic carbocycles. The van der Waals surface area contributed by atoms with Gasteiger partial charge in [-0.05, 0) is 45.0 Å². The summed E-state index contributed by atoms with van der Waals surface area (Å²) in [6.45, 7) is 6.02. The normalized spacial score (nSPS) is 10.3. The summed E-state index contributed by atoms with van der Waals surface area (Å²) >= 11 is 0. The fraction of sp³-hybridized carbons (Fsp3) is 0.333. The Labute approximate surface area is 174 Å². The molecule has 9 nitrogen and oxygen atoms in total. The lowest BCUT2D eigenvalue weighted by atomic mass is 10.1. The molecule has 0 radical (unpaired) electrons. The van der Waals surface area contributed by atoms with Gasteiger partial charge in [-0.15, -0.1) is 0 Å². The summed E-state index contributed by atoms with van der Waals surface area (Å²) in [4.78, 5) is 36.6. The van der Waals surface area contributed by atoms with Crippen molar-refractivity contribution in [2.75, 3.05) is 32.1 Å². The summed E-state index contributed by atoms with van der Waals surface area (Å²) in [6, 6.07) is 9.16. The number of carbonyl (C=O) groups excluding carboxylic acids is 2. The monoisotopic (exact) mass is 415 g/mol. The van der Waals surface area contributed by atoms with E-state index in [4.69, 9.17) is 9.47 Å². The fourth-order valence-electron chi connectivity index (χ4n) is 2.83. The molecule has 0 saturated heterocycles. The van der Waals surface area contributed by atoms with Gasteiger partial charge in [-0.25, -0.2) is 0 Å². The SMILES string of the molecule is CCOc1ccc(NC(=O)CN(C)C(=O)c2ccc([N+](=O)[O-])c(C)c2)cc1OCC. The average Bonchev–Trinajstić information content (AvgIpc) is 2.69. The molecule has 0 saturated carbocycles. The van der Waals surface area contributed by atoms with Crippen molar-refractivity contribution in [1.29, 1.82) is 0 Å². The van der Waals surface area contributed by atoms with E-state index in [0.717, 1.165) is 0 Å². The summed E-state index contributed by atoms with van der Waals surface area (Å²) in [5.74, 6) is 0.294. The molecule has 2 aromatic rings. The van der Waals surface area contributed by atoms with Crippen LogP contribution in [0, 0.1) is 17.0 Å². The first-order valence-corrected chi connectivity index (χ1v) is 9.46. The van der Waals surface area contributed by atoms with Crippen LogP contribution < -0.4 is 14.8 Å².